The zero-order chi connectivity index (χ0) is 12.6. The van der Waals surface area contributed by atoms with Gasteiger partial charge in [0.2, 0.25) is 11.8 Å². The van der Waals surface area contributed by atoms with Crippen molar-refractivity contribution in [3.8, 4) is 0 Å². The van der Waals surface area contributed by atoms with Gasteiger partial charge in [-0.25, -0.2) is 4.79 Å². The van der Waals surface area contributed by atoms with Gasteiger partial charge in [-0.15, -0.1) is 12.4 Å². The maximum Gasteiger partial charge on any atom is 0.330 e. The van der Waals surface area contributed by atoms with E-state index in [0.717, 1.165) is 12.2 Å². The summed E-state index contributed by atoms with van der Waals surface area (Å²) in [6.45, 7) is -0.00990. The predicted octanol–water partition coefficient (Wildman–Crippen LogP) is -1.67. The van der Waals surface area contributed by atoms with E-state index in [1.807, 2.05) is 0 Å². The molecule has 2 amide bonds. The highest BCUT2D eigenvalue weighted by molar-refractivity contribution is 5.94. The van der Waals surface area contributed by atoms with E-state index >= 15 is 0 Å². The predicted molar refractivity (Wildman–Crippen MR) is 63.5 cm³/mol. The second-order valence-electron chi connectivity index (χ2n) is 2.82. The van der Waals surface area contributed by atoms with Gasteiger partial charge in [0.25, 0.3) is 0 Å². The summed E-state index contributed by atoms with van der Waals surface area (Å²) >= 11 is 0. The summed E-state index contributed by atoms with van der Waals surface area (Å²) in [4.78, 5) is 32.7. The monoisotopic (exact) mass is 265 g/mol. The second kappa shape index (κ2) is 9.61. The zero-order valence-corrected chi connectivity index (χ0v) is 10.4. The Kier molecular flexibility index (Phi) is 10.1. The number of hydrogen-bond acceptors (Lipinski definition) is 5. The number of rotatable bonds is 5. The first kappa shape index (κ1) is 17.8. The number of ether oxygens (including phenoxy) is 1. The number of amides is 2. The SMILES string of the molecule is CNC(=O)[C@@H](N)CNC(=O)/C=C/C(=O)OC.Cl. The van der Waals surface area contributed by atoms with Crippen LogP contribution in [0.15, 0.2) is 12.2 Å². The molecule has 1 atom stereocenters. The van der Waals surface area contributed by atoms with Gasteiger partial charge in [-0.2, -0.15) is 0 Å². The fourth-order valence-electron chi connectivity index (χ4n) is 0.759. The smallest absolute Gasteiger partial charge is 0.330 e. The van der Waals surface area contributed by atoms with Crippen LogP contribution in [0.4, 0.5) is 0 Å². The fourth-order valence-corrected chi connectivity index (χ4v) is 0.759. The first-order valence-electron chi connectivity index (χ1n) is 4.52. The van der Waals surface area contributed by atoms with Crippen LogP contribution in [-0.4, -0.2) is 44.5 Å². The molecule has 0 aliphatic rings. The number of likely N-dealkylation sites (N-methyl/N-ethyl adjacent to an activating group) is 1. The third kappa shape index (κ3) is 8.23. The molecule has 0 fully saturated rings. The molecule has 7 nitrogen and oxygen atoms in total. The number of carbonyl (C=O) groups excluding carboxylic acids is 3. The molecule has 8 heteroatoms. The average molecular weight is 266 g/mol. The molecule has 0 aliphatic carbocycles. The highest BCUT2D eigenvalue weighted by Crippen LogP contribution is 1.80. The summed E-state index contributed by atoms with van der Waals surface area (Å²) in [5, 5.41) is 4.70. The summed E-state index contributed by atoms with van der Waals surface area (Å²) in [5.41, 5.74) is 5.42. The van der Waals surface area contributed by atoms with Gasteiger partial charge in [0.15, 0.2) is 0 Å². The maximum absolute atomic E-state index is 11.1. The lowest BCUT2D eigenvalue weighted by molar-refractivity contribution is -0.135. The third-order valence-corrected chi connectivity index (χ3v) is 1.65. The van der Waals surface area contributed by atoms with Crippen molar-refractivity contribution in [3.05, 3.63) is 12.2 Å². The van der Waals surface area contributed by atoms with Crippen molar-refractivity contribution in [2.45, 2.75) is 6.04 Å². The van der Waals surface area contributed by atoms with Gasteiger partial charge < -0.3 is 21.1 Å². The number of halogens is 1. The van der Waals surface area contributed by atoms with E-state index in [9.17, 15) is 14.4 Å². The fraction of sp³-hybridized carbons (Fsp3) is 0.444. The lowest BCUT2D eigenvalue weighted by Gasteiger charge is -2.09. The molecule has 0 aromatic carbocycles. The van der Waals surface area contributed by atoms with Gasteiger partial charge in [-0.3, -0.25) is 9.59 Å². The van der Waals surface area contributed by atoms with Gasteiger partial charge in [0.1, 0.15) is 6.04 Å². The quantitative estimate of drug-likeness (QED) is 0.406. The lowest BCUT2D eigenvalue weighted by atomic mass is 10.3. The average Bonchev–Trinajstić information content (AvgIpc) is 2.31. The van der Waals surface area contributed by atoms with Crippen molar-refractivity contribution in [3.63, 3.8) is 0 Å². The highest BCUT2D eigenvalue weighted by Gasteiger charge is 2.11. The van der Waals surface area contributed by atoms with E-state index in [1.54, 1.807) is 0 Å². The second-order valence-corrected chi connectivity index (χ2v) is 2.82. The largest absolute Gasteiger partial charge is 0.466 e. The van der Waals surface area contributed by atoms with E-state index in [4.69, 9.17) is 5.73 Å². The number of carbonyl (C=O) groups is 3. The molecule has 0 saturated heterocycles. The van der Waals surface area contributed by atoms with Crippen LogP contribution in [0.5, 0.6) is 0 Å². The highest BCUT2D eigenvalue weighted by atomic mass is 35.5. The molecule has 98 valence electrons. The van der Waals surface area contributed by atoms with Crippen LogP contribution in [0.25, 0.3) is 0 Å². The molecular weight excluding hydrogens is 250 g/mol. The minimum atomic E-state index is -0.819. The molecule has 0 aromatic rings. The molecule has 17 heavy (non-hydrogen) atoms. The minimum Gasteiger partial charge on any atom is -0.466 e. The molecule has 4 N–H and O–H groups in total. The Morgan fingerprint density at radius 3 is 2.41 bits per heavy atom. The molecule has 0 aliphatic heterocycles. The number of hydrogen-bond donors (Lipinski definition) is 3. The molecule has 0 saturated carbocycles. The first-order valence-corrected chi connectivity index (χ1v) is 4.52. The van der Waals surface area contributed by atoms with E-state index in [-0.39, 0.29) is 24.9 Å². The van der Waals surface area contributed by atoms with Crippen LogP contribution in [0.1, 0.15) is 0 Å². The van der Waals surface area contributed by atoms with E-state index in [0.29, 0.717) is 0 Å². The molecule has 0 radical (unpaired) electrons. The summed E-state index contributed by atoms with van der Waals surface area (Å²) in [5.74, 6) is -1.53. The number of nitrogens with one attached hydrogen (secondary N) is 2. The summed E-state index contributed by atoms with van der Waals surface area (Å²) < 4.78 is 4.29. The van der Waals surface area contributed by atoms with Gasteiger partial charge >= 0.3 is 5.97 Å². The Morgan fingerprint density at radius 1 is 1.35 bits per heavy atom. The Morgan fingerprint density at radius 2 is 1.94 bits per heavy atom. The Bertz CT molecular complexity index is 307. The van der Waals surface area contributed by atoms with Gasteiger partial charge in [0, 0.05) is 25.7 Å². The van der Waals surface area contributed by atoms with Crippen LogP contribution in [0.2, 0.25) is 0 Å². The van der Waals surface area contributed by atoms with Gasteiger partial charge in [0.05, 0.1) is 7.11 Å². The molecule has 0 heterocycles. The Hall–Kier alpha value is -1.60. The standard InChI is InChI=1S/C9H15N3O4.ClH/c1-11-9(15)6(10)5-12-7(13)3-4-8(14)16-2;/h3-4,6H,5,10H2,1-2H3,(H,11,15)(H,12,13);1H/b4-3+;/t6-;/m0./s1. The van der Waals surface area contributed by atoms with Gasteiger partial charge in [-0.1, -0.05) is 0 Å². The van der Waals surface area contributed by atoms with Crippen molar-refractivity contribution in [2.24, 2.45) is 5.73 Å². The number of esters is 1. The van der Waals surface area contributed by atoms with Crippen molar-refractivity contribution in [2.75, 3.05) is 20.7 Å². The van der Waals surface area contributed by atoms with Crippen LogP contribution >= 0.6 is 12.4 Å². The van der Waals surface area contributed by atoms with E-state index < -0.39 is 17.9 Å². The Balaban J connectivity index is 0. The van der Waals surface area contributed by atoms with E-state index in [1.165, 1.54) is 14.2 Å². The van der Waals surface area contributed by atoms with Gasteiger partial charge in [-0.05, 0) is 0 Å². The summed E-state index contributed by atoms with van der Waals surface area (Å²) in [6, 6.07) is -0.819. The first-order chi connectivity index (χ1) is 7.51. The molecule has 0 spiro atoms. The van der Waals surface area contributed by atoms with Crippen molar-refractivity contribution < 1.29 is 19.1 Å². The maximum atomic E-state index is 11.1. The molecular formula is C9H16ClN3O4. The normalized spacial score (nSPS) is 11.2. The summed E-state index contributed by atoms with van der Waals surface area (Å²) in [6.07, 6.45) is 1.98. The van der Waals surface area contributed by atoms with Crippen molar-refractivity contribution >= 4 is 30.2 Å². The van der Waals surface area contributed by atoms with Crippen molar-refractivity contribution in [1.82, 2.24) is 10.6 Å². The molecule has 0 bridgehead atoms. The molecule has 0 rings (SSSR count). The third-order valence-electron chi connectivity index (χ3n) is 1.65. The number of nitrogens with two attached hydrogens (primary N) is 1. The molecule has 0 aromatic heterocycles. The lowest BCUT2D eigenvalue weighted by Crippen LogP contribution is -2.46. The van der Waals surface area contributed by atoms with Crippen LogP contribution in [0.3, 0.4) is 0 Å². The van der Waals surface area contributed by atoms with Crippen LogP contribution < -0.4 is 16.4 Å². The topological polar surface area (TPSA) is 111 Å². The summed E-state index contributed by atoms with van der Waals surface area (Å²) in [7, 11) is 2.65. The van der Waals surface area contributed by atoms with Crippen LogP contribution in [0, 0.1) is 0 Å². The zero-order valence-electron chi connectivity index (χ0n) is 9.56. The molecule has 0 unspecified atom stereocenters. The van der Waals surface area contributed by atoms with Crippen molar-refractivity contribution in [1.29, 1.82) is 0 Å². The number of methoxy groups -OCH3 is 1. The van der Waals surface area contributed by atoms with E-state index in [2.05, 4.69) is 15.4 Å². The minimum absolute atomic E-state index is 0. The van der Waals surface area contributed by atoms with Crippen LogP contribution in [-0.2, 0) is 19.1 Å². The Labute approximate surface area is 105 Å².